The fourth-order valence-corrected chi connectivity index (χ4v) is 3.50. The fourth-order valence-electron chi connectivity index (χ4n) is 2.77. The average Bonchev–Trinajstić information content (AvgIpc) is 2.95. The van der Waals surface area contributed by atoms with Crippen LogP contribution in [0.3, 0.4) is 0 Å². The molecule has 2 aliphatic heterocycles. The maximum atomic E-state index is 6.60. The predicted octanol–water partition coefficient (Wildman–Crippen LogP) is 3.98. The maximum Gasteiger partial charge on any atom is 0.127 e. The molecule has 0 spiro atoms. The van der Waals surface area contributed by atoms with Gasteiger partial charge in [-0.25, -0.2) is 0 Å². The minimum absolute atomic E-state index is 0.0541. The van der Waals surface area contributed by atoms with Crippen molar-refractivity contribution in [3.05, 3.63) is 28.3 Å². The molecule has 1 aromatic carbocycles. The zero-order valence-corrected chi connectivity index (χ0v) is 11.8. The maximum absolute atomic E-state index is 6.60. The number of rotatable bonds is 2. The van der Waals surface area contributed by atoms with Crippen LogP contribution in [0, 0.1) is 5.92 Å². The van der Waals surface area contributed by atoms with Crippen LogP contribution in [-0.2, 0) is 11.2 Å². The van der Waals surface area contributed by atoms with Crippen molar-refractivity contribution in [3.63, 3.8) is 0 Å². The van der Waals surface area contributed by atoms with Crippen molar-refractivity contribution < 1.29 is 9.47 Å². The Labute approximate surface area is 117 Å². The number of alkyl halides is 1. The van der Waals surface area contributed by atoms with Gasteiger partial charge in [-0.2, -0.15) is 0 Å². The van der Waals surface area contributed by atoms with Gasteiger partial charge < -0.3 is 9.47 Å². The lowest BCUT2D eigenvalue weighted by Gasteiger charge is -2.22. The molecule has 0 N–H and O–H groups in total. The van der Waals surface area contributed by atoms with Gasteiger partial charge in [0.05, 0.1) is 18.1 Å². The van der Waals surface area contributed by atoms with Gasteiger partial charge in [-0.1, -0.05) is 18.5 Å². The van der Waals surface area contributed by atoms with Crippen LogP contribution in [0.2, 0.25) is 5.02 Å². The molecule has 0 radical (unpaired) electrons. The van der Waals surface area contributed by atoms with Crippen LogP contribution in [0.15, 0.2) is 12.1 Å². The first-order chi connectivity index (χ1) is 8.66. The molecule has 3 rings (SSSR count). The van der Waals surface area contributed by atoms with Gasteiger partial charge in [-0.15, -0.1) is 11.6 Å². The topological polar surface area (TPSA) is 18.5 Å². The van der Waals surface area contributed by atoms with Crippen molar-refractivity contribution in [1.29, 1.82) is 0 Å². The summed E-state index contributed by atoms with van der Waals surface area (Å²) in [5.74, 6) is 1.39. The van der Waals surface area contributed by atoms with Crippen molar-refractivity contribution in [3.8, 4) is 5.75 Å². The molecule has 3 unspecified atom stereocenters. The molecule has 1 aromatic rings. The molecule has 98 valence electrons. The van der Waals surface area contributed by atoms with Crippen molar-refractivity contribution in [2.24, 2.45) is 5.92 Å². The molecule has 3 atom stereocenters. The molecule has 0 bridgehead atoms. The molecule has 0 aliphatic carbocycles. The first kappa shape index (κ1) is 12.6. The first-order valence-electron chi connectivity index (χ1n) is 6.37. The quantitative estimate of drug-likeness (QED) is 0.766. The Hall–Kier alpha value is -0.440. The smallest absolute Gasteiger partial charge is 0.127 e. The van der Waals surface area contributed by atoms with Crippen LogP contribution in [0.5, 0.6) is 5.75 Å². The summed E-state index contributed by atoms with van der Waals surface area (Å²) in [4.78, 5) is 0. The molecular weight excluding hydrogens is 271 g/mol. The zero-order chi connectivity index (χ0) is 12.7. The monoisotopic (exact) mass is 286 g/mol. The van der Waals surface area contributed by atoms with Crippen LogP contribution in [0.4, 0.5) is 0 Å². The number of ether oxygens (including phenoxy) is 2. The second-order valence-corrected chi connectivity index (χ2v) is 5.99. The third-order valence-corrected chi connectivity index (χ3v) is 4.51. The van der Waals surface area contributed by atoms with Crippen molar-refractivity contribution in [2.45, 2.75) is 31.2 Å². The third kappa shape index (κ3) is 2.11. The summed E-state index contributed by atoms with van der Waals surface area (Å²) in [6.07, 6.45) is 2.03. The number of fused-ring (bicyclic) bond motifs is 1. The number of hydrogen-bond donors (Lipinski definition) is 0. The number of benzene rings is 1. The van der Waals surface area contributed by atoms with Crippen LogP contribution in [-0.4, -0.2) is 19.3 Å². The van der Waals surface area contributed by atoms with E-state index in [9.17, 15) is 0 Å². The molecule has 18 heavy (non-hydrogen) atoms. The second-order valence-electron chi connectivity index (χ2n) is 5.08. The van der Waals surface area contributed by atoms with Crippen molar-refractivity contribution in [2.75, 3.05) is 13.2 Å². The van der Waals surface area contributed by atoms with Crippen LogP contribution in [0.1, 0.15) is 29.8 Å². The van der Waals surface area contributed by atoms with Crippen LogP contribution >= 0.6 is 23.2 Å². The molecule has 0 saturated carbocycles. The molecule has 4 heteroatoms. The van der Waals surface area contributed by atoms with E-state index in [1.807, 2.05) is 12.1 Å². The van der Waals surface area contributed by atoms with Gasteiger partial charge in [0.2, 0.25) is 0 Å². The molecule has 2 nitrogen and oxygen atoms in total. The highest BCUT2D eigenvalue weighted by Gasteiger charge is 2.34. The summed E-state index contributed by atoms with van der Waals surface area (Å²) in [6.45, 7) is 3.69. The van der Waals surface area contributed by atoms with Gasteiger partial charge in [0, 0.05) is 23.6 Å². The van der Waals surface area contributed by atoms with E-state index in [1.54, 1.807) is 0 Å². The SMILES string of the molecule is CC1CCOC1C(Cl)c1cc(Cl)cc2c1OCC2. The standard InChI is InChI=1S/C14H16Cl2O2/c1-8-2-4-17-13(8)12(16)11-7-10(15)6-9-3-5-18-14(9)11/h6-8,12-13H,2-5H2,1H3. The highest BCUT2D eigenvalue weighted by Crippen LogP contribution is 2.43. The number of halogens is 2. The Morgan fingerprint density at radius 1 is 1.33 bits per heavy atom. The average molecular weight is 287 g/mol. The van der Waals surface area contributed by atoms with E-state index in [0.29, 0.717) is 12.5 Å². The number of hydrogen-bond acceptors (Lipinski definition) is 2. The highest BCUT2D eigenvalue weighted by atomic mass is 35.5. The molecule has 2 aliphatic rings. The lowest BCUT2D eigenvalue weighted by molar-refractivity contribution is 0.0897. The van der Waals surface area contributed by atoms with Gasteiger partial charge in [0.15, 0.2) is 0 Å². The normalized spacial score (nSPS) is 27.9. The predicted molar refractivity (Wildman–Crippen MR) is 72.8 cm³/mol. The van der Waals surface area contributed by atoms with Gasteiger partial charge in [-0.05, 0) is 30.0 Å². The highest BCUT2D eigenvalue weighted by molar-refractivity contribution is 6.31. The molecular formula is C14H16Cl2O2. The lowest BCUT2D eigenvalue weighted by Crippen LogP contribution is -2.20. The van der Waals surface area contributed by atoms with E-state index in [2.05, 4.69) is 6.92 Å². The van der Waals surface area contributed by atoms with Crippen LogP contribution in [0.25, 0.3) is 0 Å². The molecule has 0 amide bonds. The Kier molecular flexibility index (Phi) is 3.44. The van der Waals surface area contributed by atoms with Crippen molar-refractivity contribution in [1.82, 2.24) is 0 Å². The van der Waals surface area contributed by atoms with E-state index in [4.69, 9.17) is 32.7 Å². The summed E-state index contributed by atoms with van der Waals surface area (Å²) in [7, 11) is 0. The summed E-state index contributed by atoms with van der Waals surface area (Å²) in [6, 6.07) is 3.88. The first-order valence-corrected chi connectivity index (χ1v) is 7.19. The molecule has 1 fully saturated rings. The van der Waals surface area contributed by atoms with Crippen LogP contribution < -0.4 is 4.74 Å². The van der Waals surface area contributed by atoms with E-state index < -0.39 is 0 Å². The largest absolute Gasteiger partial charge is 0.493 e. The van der Waals surface area contributed by atoms with E-state index >= 15 is 0 Å². The summed E-state index contributed by atoms with van der Waals surface area (Å²) in [5, 5.41) is 0.540. The second kappa shape index (κ2) is 4.92. The Balaban J connectivity index is 1.96. The van der Waals surface area contributed by atoms with E-state index in [-0.39, 0.29) is 11.5 Å². The van der Waals surface area contributed by atoms with E-state index in [0.717, 1.165) is 41.3 Å². The van der Waals surface area contributed by atoms with Gasteiger partial charge in [-0.3, -0.25) is 0 Å². The lowest BCUT2D eigenvalue weighted by atomic mass is 9.95. The van der Waals surface area contributed by atoms with Gasteiger partial charge in [0.25, 0.3) is 0 Å². The molecule has 1 saturated heterocycles. The Morgan fingerprint density at radius 2 is 2.17 bits per heavy atom. The van der Waals surface area contributed by atoms with Crippen molar-refractivity contribution >= 4 is 23.2 Å². The minimum atomic E-state index is -0.187. The fraction of sp³-hybridized carbons (Fsp3) is 0.571. The van der Waals surface area contributed by atoms with Gasteiger partial charge >= 0.3 is 0 Å². The summed E-state index contributed by atoms with van der Waals surface area (Å²) < 4.78 is 11.5. The zero-order valence-electron chi connectivity index (χ0n) is 10.3. The Bertz CT molecular complexity index is 461. The Morgan fingerprint density at radius 3 is 2.89 bits per heavy atom. The molecule has 2 heterocycles. The third-order valence-electron chi connectivity index (χ3n) is 3.81. The van der Waals surface area contributed by atoms with Gasteiger partial charge in [0.1, 0.15) is 5.75 Å². The minimum Gasteiger partial charge on any atom is -0.493 e. The molecule has 0 aromatic heterocycles. The summed E-state index contributed by atoms with van der Waals surface area (Å²) in [5.41, 5.74) is 2.14. The van der Waals surface area contributed by atoms with E-state index in [1.165, 1.54) is 0 Å². The summed E-state index contributed by atoms with van der Waals surface area (Å²) >= 11 is 12.8.